The molecule has 5 rings (SSSR count). The van der Waals surface area contributed by atoms with Gasteiger partial charge in [-0.2, -0.15) is 0 Å². The van der Waals surface area contributed by atoms with Crippen molar-refractivity contribution in [1.82, 2.24) is 19.8 Å². The zero-order valence-corrected chi connectivity index (χ0v) is 16.5. The van der Waals surface area contributed by atoms with Crippen molar-refractivity contribution in [3.63, 3.8) is 0 Å². The molecule has 1 aliphatic heterocycles. The molecular formula is C21H17FN4O2S. The molecule has 0 radical (unpaired) electrons. The highest BCUT2D eigenvalue weighted by molar-refractivity contribution is 7.21. The number of benzene rings is 2. The summed E-state index contributed by atoms with van der Waals surface area (Å²) in [5, 5.41) is 3.70. The number of pyridine rings is 1. The van der Waals surface area contributed by atoms with Gasteiger partial charge in [-0.25, -0.2) is 9.37 Å². The van der Waals surface area contributed by atoms with Crippen LogP contribution in [0.2, 0.25) is 0 Å². The highest BCUT2D eigenvalue weighted by atomic mass is 32.1. The SMILES string of the molecule is CC(=O)N1CCN(C(=O)c2nc3c4ccc(F)cc4c4cnccc4c3s2)CC1. The van der Waals surface area contributed by atoms with Crippen LogP contribution in [0.15, 0.2) is 36.7 Å². The van der Waals surface area contributed by atoms with E-state index < -0.39 is 0 Å². The van der Waals surface area contributed by atoms with Crippen LogP contribution in [-0.4, -0.2) is 57.8 Å². The number of piperazine rings is 1. The molecule has 0 saturated carbocycles. The first-order chi connectivity index (χ1) is 14.0. The summed E-state index contributed by atoms with van der Waals surface area (Å²) in [7, 11) is 0. The Morgan fingerprint density at radius 3 is 2.52 bits per heavy atom. The smallest absolute Gasteiger partial charge is 0.282 e. The van der Waals surface area contributed by atoms with E-state index in [0.717, 1.165) is 26.2 Å². The Labute approximate surface area is 169 Å². The molecule has 0 spiro atoms. The highest BCUT2D eigenvalue weighted by Gasteiger charge is 2.26. The molecular weight excluding hydrogens is 391 g/mol. The maximum atomic E-state index is 13.9. The lowest BCUT2D eigenvalue weighted by molar-refractivity contribution is -0.130. The summed E-state index contributed by atoms with van der Waals surface area (Å²) in [5.74, 6) is -0.431. The van der Waals surface area contributed by atoms with Gasteiger partial charge in [0.2, 0.25) is 5.91 Å². The molecule has 0 atom stereocenters. The van der Waals surface area contributed by atoms with E-state index in [2.05, 4.69) is 9.97 Å². The summed E-state index contributed by atoms with van der Waals surface area (Å²) >= 11 is 1.35. The van der Waals surface area contributed by atoms with Gasteiger partial charge in [0.1, 0.15) is 5.82 Å². The van der Waals surface area contributed by atoms with E-state index in [4.69, 9.17) is 0 Å². The number of halogens is 1. The minimum atomic E-state index is -0.322. The highest BCUT2D eigenvalue weighted by Crippen LogP contribution is 2.38. The van der Waals surface area contributed by atoms with E-state index in [0.29, 0.717) is 36.7 Å². The molecule has 0 aliphatic carbocycles. The van der Waals surface area contributed by atoms with Crippen molar-refractivity contribution >= 4 is 54.9 Å². The van der Waals surface area contributed by atoms with Gasteiger partial charge in [-0.15, -0.1) is 11.3 Å². The molecule has 29 heavy (non-hydrogen) atoms. The summed E-state index contributed by atoms with van der Waals surface area (Å²) in [6, 6.07) is 6.48. The van der Waals surface area contributed by atoms with Crippen LogP contribution in [-0.2, 0) is 4.79 Å². The third-order valence-electron chi connectivity index (χ3n) is 5.41. The summed E-state index contributed by atoms with van der Waals surface area (Å²) in [6.07, 6.45) is 3.41. The third-order valence-corrected chi connectivity index (χ3v) is 6.49. The minimum absolute atomic E-state index is 0.0240. The van der Waals surface area contributed by atoms with Gasteiger partial charge in [0.15, 0.2) is 5.01 Å². The number of rotatable bonds is 1. The summed E-state index contributed by atoms with van der Waals surface area (Å²) in [5.41, 5.74) is 0.703. The second-order valence-electron chi connectivity index (χ2n) is 7.11. The number of fused-ring (bicyclic) bond motifs is 6. The summed E-state index contributed by atoms with van der Waals surface area (Å²) in [4.78, 5) is 36.9. The van der Waals surface area contributed by atoms with Crippen molar-refractivity contribution in [3.05, 3.63) is 47.5 Å². The zero-order chi connectivity index (χ0) is 20.1. The van der Waals surface area contributed by atoms with Crippen molar-refractivity contribution in [1.29, 1.82) is 0 Å². The average Bonchev–Trinajstić information content (AvgIpc) is 3.19. The Bertz CT molecular complexity index is 1290. The van der Waals surface area contributed by atoms with E-state index in [1.807, 2.05) is 6.07 Å². The fourth-order valence-electron chi connectivity index (χ4n) is 3.89. The molecule has 2 aromatic heterocycles. The fraction of sp³-hybridized carbons (Fsp3) is 0.238. The first-order valence-corrected chi connectivity index (χ1v) is 10.1. The first-order valence-electron chi connectivity index (χ1n) is 9.33. The Balaban J connectivity index is 1.62. The quantitative estimate of drug-likeness (QED) is 0.453. The van der Waals surface area contributed by atoms with Gasteiger partial charge in [0, 0.05) is 61.7 Å². The van der Waals surface area contributed by atoms with Crippen LogP contribution in [0, 0.1) is 5.82 Å². The Hall–Kier alpha value is -3.13. The predicted molar refractivity (Wildman–Crippen MR) is 111 cm³/mol. The second kappa shape index (κ2) is 6.73. The molecule has 2 aromatic carbocycles. The molecule has 0 bridgehead atoms. The molecule has 1 aliphatic rings. The number of aromatic nitrogens is 2. The summed E-state index contributed by atoms with van der Waals surface area (Å²) in [6.45, 7) is 3.58. The number of carbonyl (C=O) groups is 2. The number of thiazole rings is 1. The number of carbonyl (C=O) groups excluding carboxylic acids is 2. The first kappa shape index (κ1) is 17.9. The maximum Gasteiger partial charge on any atom is 0.282 e. The lowest BCUT2D eigenvalue weighted by Crippen LogP contribution is -2.50. The van der Waals surface area contributed by atoms with Gasteiger partial charge in [-0.1, -0.05) is 0 Å². The molecule has 146 valence electrons. The molecule has 2 amide bonds. The van der Waals surface area contributed by atoms with E-state index in [1.165, 1.54) is 23.5 Å². The molecule has 8 heteroatoms. The van der Waals surface area contributed by atoms with Crippen molar-refractivity contribution in [2.24, 2.45) is 0 Å². The topological polar surface area (TPSA) is 66.4 Å². The van der Waals surface area contributed by atoms with Gasteiger partial charge in [-0.05, 0) is 29.7 Å². The van der Waals surface area contributed by atoms with Gasteiger partial charge >= 0.3 is 0 Å². The Morgan fingerprint density at radius 2 is 1.76 bits per heavy atom. The normalized spacial score (nSPS) is 14.8. The second-order valence-corrected chi connectivity index (χ2v) is 8.11. The van der Waals surface area contributed by atoms with Gasteiger partial charge in [0.05, 0.1) is 10.2 Å². The monoisotopic (exact) mass is 408 g/mol. The van der Waals surface area contributed by atoms with E-state index in [-0.39, 0.29) is 17.6 Å². The van der Waals surface area contributed by atoms with Crippen molar-refractivity contribution in [3.8, 4) is 0 Å². The van der Waals surface area contributed by atoms with Crippen LogP contribution < -0.4 is 0 Å². The van der Waals surface area contributed by atoms with Crippen molar-refractivity contribution in [2.45, 2.75) is 6.92 Å². The van der Waals surface area contributed by atoms with E-state index in [1.54, 1.807) is 35.2 Å². The van der Waals surface area contributed by atoms with Crippen LogP contribution in [0.5, 0.6) is 0 Å². The predicted octanol–water partition coefficient (Wildman–Crippen LogP) is 3.44. The number of hydrogen-bond acceptors (Lipinski definition) is 5. The van der Waals surface area contributed by atoms with Crippen molar-refractivity contribution < 1.29 is 14.0 Å². The minimum Gasteiger partial charge on any atom is -0.339 e. The molecule has 0 N–H and O–H groups in total. The Morgan fingerprint density at radius 1 is 1.00 bits per heavy atom. The van der Waals surface area contributed by atoms with E-state index in [9.17, 15) is 14.0 Å². The zero-order valence-electron chi connectivity index (χ0n) is 15.7. The largest absolute Gasteiger partial charge is 0.339 e. The molecule has 4 aromatic rings. The van der Waals surface area contributed by atoms with Crippen LogP contribution in [0.25, 0.3) is 31.8 Å². The molecule has 1 fully saturated rings. The Kier molecular flexibility index (Phi) is 4.16. The summed E-state index contributed by atoms with van der Waals surface area (Å²) < 4.78 is 14.8. The fourth-order valence-corrected chi connectivity index (χ4v) is 4.98. The van der Waals surface area contributed by atoms with Crippen LogP contribution in [0.4, 0.5) is 4.39 Å². The number of amides is 2. The molecule has 0 unspecified atom stereocenters. The maximum absolute atomic E-state index is 13.9. The van der Waals surface area contributed by atoms with Gasteiger partial charge in [0.25, 0.3) is 5.91 Å². The van der Waals surface area contributed by atoms with Gasteiger partial charge in [-0.3, -0.25) is 14.6 Å². The standard InChI is InChI=1S/C21H17FN4O2S/c1-12(27)25-6-8-26(9-7-25)21(28)20-24-18-14-3-2-13(22)10-16(14)17-11-23-5-4-15(17)19(18)29-20/h2-5,10-11H,6-9H2,1H3. The van der Waals surface area contributed by atoms with Gasteiger partial charge < -0.3 is 9.80 Å². The van der Waals surface area contributed by atoms with Crippen LogP contribution in [0.1, 0.15) is 16.7 Å². The van der Waals surface area contributed by atoms with Crippen molar-refractivity contribution in [2.75, 3.05) is 26.2 Å². The van der Waals surface area contributed by atoms with E-state index >= 15 is 0 Å². The van der Waals surface area contributed by atoms with Crippen LogP contribution >= 0.6 is 11.3 Å². The lowest BCUT2D eigenvalue weighted by atomic mass is 10.0. The number of hydrogen-bond donors (Lipinski definition) is 0. The molecule has 1 saturated heterocycles. The lowest BCUT2D eigenvalue weighted by Gasteiger charge is -2.33. The number of nitrogens with zero attached hydrogens (tertiary/aromatic N) is 4. The molecule has 6 nitrogen and oxygen atoms in total. The third kappa shape index (κ3) is 2.91. The molecule has 3 heterocycles. The average molecular weight is 408 g/mol. The van der Waals surface area contributed by atoms with Crippen LogP contribution in [0.3, 0.4) is 0 Å².